The third kappa shape index (κ3) is 4.30. The Labute approximate surface area is 129 Å². The number of hydrogen-bond acceptors (Lipinski definition) is 5. The molecule has 1 amide bonds. The van der Waals surface area contributed by atoms with Crippen LogP contribution in [0.1, 0.15) is 24.4 Å². The van der Waals surface area contributed by atoms with Gasteiger partial charge in [0.1, 0.15) is 0 Å². The Bertz CT molecular complexity index is 641. The van der Waals surface area contributed by atoms with Crippen LogP contribution in [0, 0.1) is 5.92 Å². The number of nitrogens with one attached hydrogen (secondary N) is 1. The second-order valence-electron chi connectivity index (χ2n) is 5.35. The predicted octanol–water partition coefficient (Wildman–Crippen LogP) is 0.842. The van der Waals surface area contributed by atoms with Gasteiger partial charge in [-0.15, -0.1) is 0 Å². The largest absolute Gasteiger partial charge is 0.469 e. The zero-order chi connectivity index (χ0) is 16.2. The van der Waals surface area contributed by atoms with Crippen LogP contribution in [0.15, 0.2) is 30.3 Å². The van der Waals surface area contributed by atoms with Crippen LogP contribution in [0.3, 0.4) is 0 Å². The van der Waals surface area contributed by atoms with Crippen molar-refractivity contribution in [2.45, 2.75) is 18.9 Å². The van der Waals surface area contributed by atoms with Gasteiger partial charge in [0.25, 0.3) is 0 Å². The number of carbonyl (C=O) groups excluding carboxylic acids is 2. The summed E-state index contributed by atoms with van der Waals surface area (Å²) in [6, 6.07) is 8.55. The zero-order valence-corrected chi connectivity index (χ0v) is 13.1. The molecule has 2 unspecified atom stereocenters. The first-order valence-electron chi connectivity index (χ1n) is 7.04. The Balaban J connectivity index is 2.09. The van der Waals surface area contributed by atoms with Gasteiger partial charge in [0.15, 0.2) is 9.84 Å². The maximum Gasteiger partial charge on any atom is 0.307 e. The Morgan fingerprint density at radius 1 is 1.32 bits per heavy atom. The van der Waals surface area contributed by atoms with Crippen LogP contribution in [0.25, 0.3) is 0 Å². The molecule has 0 aliphatic carbocycles. The summed E-state index contributed by atoms with van der Waals surface area (Å²) in [6.45, 7) is 0. The van der Waals surface area contributed by atoms with E-state index in [2.05, 4.69) is 10.1 Å². The molecule has 2 atom stereocenters. The third-order valence-corrected chi connectivity index (χ3v) is 5.49. The van der Waals surface area contributed by atoms with Crippen molar-refractivity contribution in [3.05, 3.63) is 35.9 Å². The van der Waals surface area contributed by atoms with Gasteiger partial charge < -0.3 is 10.1 Å². The van der Waals surface area contributed by atoms with Gasteiger partial charge in [-0.2, -0.15) is 0 Å². The molecule has 6 nitrogen and oxygen atoms in total. The molecule has 0 spiro atoms. The van der Waals surface area contributed by atoms with E-state index in [0.29, 0.717) is 6.42 Å². The smallest absolute Gasteiger partial charge is 0.307 e. The number of hydrogen-bond donors (Lipinski definition) is 1. The van der Waals surface area contributed by atoms with E-state index in [4.69, 9.17) is 0 Å². The van der Waals surface area contributed by atoms with Crippen molar-refractivity contribution in [3.63, 3.8) is 0 Å². The fourth-order valence-electron chi connectivity index (χ4n) is 2.48. The van der Waals surface area contributed by atoms with Crippen molar-refractivity contribution < 1.29 is 22.7 Å². The molecule has 2 rings (SSSR count). The Hall–Kier alpha value is -1.89. The van der Waals surface area contributed by atoms with Crippen molar-refractivity contribution in [1.82, 2.24) is 5.32 Å². The molecule has 7 heteroatoms. The highest BCUT2D eigenvalue weighted by Gasteiger charge is 2.34. The SMILES string of the molecule is COC(=O)CC(NC(=O)C1CCS(=O)(=O)C1)c1ccccc1. The fourth-order valence-corrected chi connectivity index (χ4v) is 4.22. The normalized spacial score (nSPS) is 21.0. The molecule has 0 aromatic heterocycles. The van der Waals surface area contributed by atoms with Gasteiger partial charge in [-0.05, 0) is 12.0 Å². The number of esters is 1. The summed E-state index contributed by atoms with van der Waals surface area (Å²) in [5.74, 6) is -1.41. The van der Waals surface area contributed by atoms with Gasteiger partial charge in [0, 0.05) is 0 Å². The van der Waals surface area contributed by atoms with Crippen LogP contribution >= 0.6 is 0 Å². The average Bonchev–Trinajstić information content (AvgIpc) is 2.87. The molecule has 1 aliphatic rings. The highest BCUT2D eigenvalue weighted by Crippen LogP contribution is 2.22. The number of sulfone groups is 1. The summed E-state index contributed by atoms with van der Waals surface area (Å²) in [5.41, 5.74) is 0.780. The summed E-state index contributed by atoms with van der Waals surface area (Å²) in [6.07, 6.45) is 0.333. The van der Waals surface area contributed by atoms with Crippen LogP contribution in [-0.2, 0) is 24.2 Å². The van der Waals surface area contributed by atoms with Crippen LogP contribution in [-0.4, -0.2) is 38.9 Å². The molecule has 1 fully saturated rings. The van der Waals surface area contributed by atoms with Crippen LogP contribution in [0.2, 0.25) is 0 Å². The molecule has 0 radical (unpaired) electrons. The summed E-state index contributed by atoms with van der Waals surface area (Å²) >= 11 is 0. The lowest BCUT2D eigenvalue weighted by atomic mass is 10.0. The number of ether oxygens (including phenoxy) is 1. The van der Waals surface area contributed by atoms with Crippen LogP contribution < -0.4 is 5.32 Å². The minimum atomic E-state index is -3.12. The fraction of sp³-hybridized carbons (Fsp3) is 0.467. The molecule has 22 heavy (non-hydrogen) atoms. The van der Waals surface area contributed by atoms with Gasteiger partial charge in [0.05, 0.1) is 37.0 Å². The van der Waals surface area contributed by atoms with Gasteiger partial charge in [-0.3, -0.25) is 9.59 Å². The molecular formula is C15H19NO5S. The highest BCUT2D eigenvalue weighted by molar-refractivity contribution is 7.91. The van der Waals surface area contributed by atoms with E-state index in [1.54, 1.807) is 12.1 Å². The Kier molecular flexibility index (Phi) is 5.18. The molecule has 1 aliphatic heterocycles. The maximum atomic E-state index is 12.3. The zero-order valence-electron chi connectivity index (χ0n) is 12.3. The summed E-state index contributed by atoms with van der Waals surface area (Å²) in [7, 11) is -1.83. The lowest BCUT2D eigenvalue weighted by molar-refractivity contribution is -0.141. The van der Waals surface area contributed by atoms with Crippen LogP contribution in [0.5, 0.6) is 0 Å². The van der Waals surface area contributed by atoms with E-state index in [9.17, 15) is 18.0 Å². The first-order valence-corrected chi connectivity index (χ1v) is 8.86. The van der Waals surface area contributed by atoms with Crippen molar-refractivity contribution >= 4 is 21.7 Å². The summed E-state index contributed by atoms with van der Waals surface area (Å²) in [5, 5.41) is 2.77. The monoisotopic (exact) mass is 325 g/mol. The topological polar surface area (TPSA) is 89.5 Å². The standard InChI is InChI=1S/C15H19NO5S/c1-21-14(17)9-13(11-5-3-2-4-6-11)16-15(18)12-7-8-22(19,20)10-12/h2-6,12-13H,7-10H2,1H3,(H,16,18). The lowest BCUT2D eigenvalue weighted by Crippen LogP contribution is -2.35. The number of methoxy groups -OCH3 is 1. The van der Waals surface area contributed by atoms with Gasteiger partial charge in [-0.25, -0.2) is 8.42 Å². The van der Waals surface area contributed by atoms with E-state index in [-0.39, 0.29) is 23.8 Å². The predicted molar refractivity (Wildman–Crippen MR) is 80.7 cm³/mol. The van der Waals surface area contributed by atoms with E-state index >= 15 is 0 Å². The average molecular weight is 325 g/mol. The molecule has 0 bridgehead atoms. The van der Waals surface area contributed by atoms with Gasteiger partial charge >= 0.3 is 5.97 Å². The van der Waals surface area contributed by atoms with E-state index < -0.39 is 27.8 Å². The number of rotatable bonds is 5. The van der Waals surface area contributed by atoms with Crippen molar-refractivity contribution in [2.24, 2.45) is 5.92 Å². The number of amides is 1. The van der Waals surface area contributed by atoms with Gasteiger partial charge in [-0.1, -0.05) is 30.3 Å². The number of carbonyl (C=O) groups is 2. The number of benzene rings is 1. The van der Waals surface area contributed by atoms with Crippen molar-refractivity contribution in [3.8, 4) is 0 Å². The molecule has 1 heterocycles. The molecular weight excluding hydrogens is 306 g/mol. The first kappa shape index (κ1) is 16.5. The highest BCUT2D eigenvalue weighted by atomic mass is 32.2. The lowest BCUT2D eigenvalue weighted by Gasteiger charge is -2.20. The van der Waals surface area contributed by atoms with Crippen molar-refractivity contribution in [1.29, 1.82) is 0 Å². The van der Waals surface area contributed by atoms with E-state index in [0.717, 1.165) is 5.56 Å². The molecule has 1 aromatic carbocycles. The van der Waals surface area contributed by atoms with Gasteiger partial charge in [0.2, 0.25) is 5.91 Å². The summed E-state index contributed by atoms with van der Waals surface area (Å²) < 4.78 is 27.6. The van der Waals surface area contributed by atoms with Crippen molar-refractivity contribution in [2.75, 3.05) is 18.6 Å². The minimum Gasteiger partial charge on any atom is -0.469 e. The minimum absolute atomic E-state index is 0.00568. The van der Waals surface area contributed by atoms with E-state index in [1.165, 1.54) is 7.11 Å². The molecule has 0 saturated carbocycles. The first-order chi connectivity index (χ1) is 10.4. The Morgan fingerprint density at radius 3 is 2.55 bits per heavy atom. The molecule has 1 saturated heterocycles. The molecule has 120 valence electrons. The second-order valence-corrected chi connectivity index (χ2v) is 7.58. The van der Waals surface area contributed by atoms with Crippen LogP contribution in [0.4, 0.5) is 0 Å². The Morgan fingerprint density at radius 2 is 2.00 bits per heavy atom. The van der Waals surface area contributed by atoms with E-state index in [1.807, 2.05) is 18.2 Å². The summed E-state index contributed by atoms with van der Waals surface area (Å²) in [4.78, 5) is 23.8. The quantitative estimate of drug-likeness (QED) is 0.810. The second kappa shape index (κ2) is 6.91. The molecule has 1 N–H and O–H groups in total. The third-order valence-electron chi connectivity index (χ3n) is 3.72. The molecule has 1 aromatic rings. The maximum absolute atomic E-state index is 12.3.